The van der Waals surface area contributed by atoms with Crippen LogP contribution in [0.4, 0.5) is 0 Å². The molecule has 1 atom stereocenters. The van der Waals surface area contributed by atoms with Crippen molar-refractivity contribution in [3.05, 3.63) is 34.9 Å². The third kappa shape index (κ3) is 4.67. The number of hydrogen-bond donors (Lipinski definition) is 2. The number of carbonyl (C=O) groups excluding carboxylic acids is 2. The van der Waals surface area contributed by atoms with E-state index in [1.807, 2.05) is 6.07 Å². The highest BCUT2D eigenvalue weighted by Gasteiger charge is 2.26. The maximum absolute atomic E-state index is 12.0. The first-order valence-corrected chi connectivity index (χ1v) is 9.46. The summed E-state index contributed by atoms with van der Waals surface area (Å²) in [5.74, 6) is 0.124. The molecule has 6 nitrogen and oxygen atoms in total. The number of esters is 1. The third-order valence-corrected chi connectivity index (χ3v) is 6.58. The lowest BCUT2D eigenvalue weighted by Crippen LogP contribution is -2.41. The van der Waals surface area contributed by atoms with Crippen molar-refractivity contribution in [2.75, 3.05) is 18.6 Å². The number of thioether (sulfide) groups is 2. The van der Waals surface area contributed by atoms with Gasteiger partial charge in [-0.2, -0.15) is 0 Å². The molecule has 0 bridgehead atoms. The Labute approximate surface area is 148 Å². The lowest BCUT2D eigenvalue weighted by atomic mass is 10.00. The van der Waals surface area contributed by atoms with Crippen molar-refractivity contribution >= 4 is 41.4 Å². The fraction of sp³-hybridized carbons (Fsp3) is 0.438. The molecule has 0 aliphatic carbocycles. The van der Waals surface area contributed by atoms with E-state index in [1.165, 1.54) is 14.0 Å². The molecule has 2 rings (SSSR count). The molecule has 0 aromatic heterocycles. The number of amides is 1. The van der Waals surface area contributed by atoms with Gasteiger partial charge in [0.05, 0.1) is 17.3 Å². The highest BCUT2D eigenvalue weighted by Crippen LogP contribution is 2.46. The molecule has 1 amide bonds. The fourth-order valence-electron chi connectivity index (χ4n) is 2.45. The first-order chi connectivity index (χ1) is 11.4. The number of hydrogen-bond acceptors (Lipinski definition) is 6. The lowest BCUT2D eigenvalue weighted by molar-refractivity contribution is -0.141. The highest BCUT2D eigenvalue weighted by atomic mass is 32.2. The zero-order chi connectivity index (χ0) is 17.7. The van der Waals surface area contributed by atoms with Crippen LogP contribution in [0.2, 0.25) is 0 Å². The zero-order valence-electron chi connectivity index (χ0n) is 13.4. The van der Waals surface area contributed by atoms with Gasteiger partial charge in [0.2, 0.25) is 5.91 Å². The van der Waals surface area contributed by atoms with Gasteiger partial charge in [-0.05, 0) is 17.2 Å². The Hall–Kier alpha value is -1.67. The predicted octanol–water partition coefficient (Wildman–Crippen LogP) is 2.08. The molecule has 8 heteroatoms. The number of carbonyl (C=O) groups is 3. The van der Waals surface area contributed by atoms with E-state index in [2.05, 4.69) is 5.32 Å². The molecule has 0 saturated carbocycles. The molecule has 130 valence electrons. The van der Waals surface area contributed by atoms with E-state index in [1.54, 1.807) is 35.7 Å². The summed E-state index contributed by atoms with van der Waals surface area (Å²) in [4.78, 5) is 34.5. The molecule has 0 spiro atoms. The first-order valence-electron chi connectivity index (χ1n) is 7.36. The average molecular weight is 369 g/mol. The van der Waals surface area contributed by atoms with Gasteiger partial charge in [0.1, 0.15) is 6.04 Å². The number of aliphatic carboxylic acids is 1. The Morgan fingerprint density at radius 3 is 2.54 bits per heavy atom. The zero-order valence-corrected chi connectivity index (χ0v) is 15.0. The van der Waals surface area contributed by atoms with Gasteiger partial charge in [0, 0.05) is 24.9 Å². The third-order valence-electron chi connectivity index (χ3n) is 3.51. The standard InChI is InChI=1S/C16H19NO5S2/c1-9(18)17-13(14(19)20)8-10-3-4-11(15(21)22-2)12(7-10)16-23-5-6-24-16/h3-4,7,13,16H,5-6,8H2,1-2H3,(H,17,18)(H,19,20). The van der Waals surface area contributed by atoms with Crippen LogP contribution >= 0.6 is 23.5 Å². The van der Waals surface area contributed by atoms with Gasteiger partial charge in [0.25, 0.3) is 0 Å². The van der Waals surface area contributed by atoms with E-state index in [0.717, 1.165) is 22.6 Å². The number of carboxylic acid groups (broad SMARTS) is 1. The Kier molecular flexibility index (Phi) is 6.56. The van der Waals surface area contributed by atoms with Crippen molar-refractivity contribution in [1.82, 2.24) is 5.32 Å². The summed E-state index contributed by atoms with van der Waals surface area (Å²) in [6.07, 6.45) is 0.158. The summed E-state index contributed by atoms with van der Waals surface area (Å²) in [6.45, 7) is 1.29. The number of rotatable bonds is 6. The Bertz CT molecular complexity index is 643. The Morgan fingerprint density at radius 2 is 2.00 bits per heavy atom. The van der Waals surface area contributed by atoms with E-state index < -0.39 is 23.9 Å². The van der Waals surface area contributed by atoms with E-state index in [4.69, 9.17) is 4.74 Å². The summed E-state index contributed by atoms with van der Waals surface area (Å²) in [6, 6.07) is 4.23. The van der Waals surface area contributed by atoms with Gasteiger partial charge in [-0.3, -0.25) is 4.79 Å². The molecule has 0 radical (unpaired) electrons. The lowest BCUT2D eigenvalue weighted by Gasteiger charge is -2.17. The summed E-state index contributed by atoms with van der Waals surface area (Å²) < 4.78 is 4.97. The van der Waals surface area contributed by atoms with Crippen LogP contribution < -0.4 is 5.32 Å². The van der Waals surface area contributed by atoms with Crippen LogP contribution in [-0.2, 0) is 20.7 Å². The number of benzene rings is 1. The molecule has 2 N–H and O–H groups in total. The van der Waals surface area contributed by atoms with Gasteiger partial charge >= 0.3 is 11.9 Å². The van der Waals surface area contributed by atoms with Crippen LogP contribution in [0, 0.1) is 0 Å². The molecule has 1 saturated heterocycles. The van der Waals surface area contributed by atoms with Crippen LogP contribution in [0.1, 0.15) is 33.0 Å². The summed E-state index contributed by atoms with van der Waals surface area (Å²) in [5, 5.41) is 11.7. The number of nitrogens with one attached hydrogen (secondary N) is 1. The summed E-state index contributed by atoms with van der Waals surface area (Å²) in [5.41, 5.74) is 2.10. The maximum Gasteiger partial charge on any atom is 0.338 e. The van der Waals surface area contributed by atoms with Crippen LogP contribution in [-0.4, -0.2) is 47.6 Å². The van der Waals surface area contributed by atoms with Gasteiger partial charge in [0.15, 0.2) is 0 Å². The van der Waals surface area contributed by atoms with Crippen molar-refractivity contribution in [2.24, 2.45) is 0 Å². The average Bonchev–Trinajstić information content (AvgIpc) is 3.07. The van der Waals surface area contributed by atoms with Crippen LogP contribution in [0.25, 0.3) is 0 Å². The van der Waals surface area contributed by atoms with Crippen LogP contribution in [0.15, 0.2) is 18.2 Å². The number of ether oxygens (including phenoxy) is 1. The largest absolute Gasteiger partial charge is 0.480 e. The molecule has 1 aliphatic rings. The van der Waals surface area contributed by atoms with E-state index >= 15 is 0 Å². The first kappa shape index (κ1) is 18.7. The second-order valence-electron chi connectivity index (χ2n) is 5.28. The minimum Gasteiger partial charge on any atom is -0.480 e. The molecular formula is C16H19NO5S2. The Morgan fingerprint density at radius 1 is 1.33 bits per heavy atom. The van der Waals surface area contributed by atoms with Crippen molar-refractivity contribution < 1.29 is 24.2 Å². The van der Waals surface area contributed by atoms with Crippen LogP contribution in [0.5, 0.6) is 0 Å². The SMILES string of the molecule is COC(=O)c1ccc(CC(NC(C)=O)C(=O)O)cc1C1SCCS1. The molecule has 1 heterocycles. The van der Waals surface area contributed by atoms with Crippen molar-refractivity contribution in [1.29, 1.82) is 0 Å². The number of carboxylic acids is 1. The van der Waals surface area contributed by atoms with Gasteiger partial charge in [-0.15, -0.1) is 23.5 Å². The Balaban J connectivity index is 2.30. The number of methoxy groups -OCH3 is 1. The quantitative estimate of drug-likeness (QED) is 0.742. The van der Waals surface area contributed by atoms with E-state index in [-0.39, 0.29) is 11.0 Å². The smallest absolute Gasteiger partial charge is 0.338 e. The molecule has 24 heavy (non-hydrogen) atoms. The van der Waals surface area contributed by atoms with Crippen molar-refractivity contribution in [3.63, 3.8) is 0 Å². The molecule has 1 aromatic rings. The van der Waals surface area contributed by atoms with Crippen molar-refractivity contribution in [2.45, 2.75) is 24.0 Å². The molecular weight excluding hydrogens is 350 g/mol. The molecule has 1 unspecified atom stereocenters. The van der Waals surface area contributed by atoms with Crippen molar-refractivity contribution in [3.8, 4) is 0 Å². The minimum absolute atomic E-state index is 0.128. The van der Waals surface area contributed by atoms with Gasteiger partial charge in [-0.25, -0.2) is 9.59 Å². The van der Waals surface area contributed by atoms with Gasteiger partial charge < -0.3 is 15.2 Å². The van der Waals surface area contributed by atoms with E-state index in [9.17, 15) is 19.5 Å². The highest BCUT2D eigenvalue weighted by molar-refractivity contribution is 8.19. The summed E-state index contributed by atoms with van der Waals surface area (Å²) >= 11 is 3.50. The van der Waals surface area contributed by atoms with E-state index in [0.29, 0.717) is 5.56 Å². The second-order valence-corrected chi connectivity index (χ2v) is 8.01. The minimum atomic E-state index is -1.09. The fourth-order valence-corrected chi connectivity index (χ4v) is 5.36. The molecule has 1 fully saturated rings. The van der Waals surface area contributed by atoms with Gasteiger partial charge in [-0.1, -0.05) is 12.1 Å². The molecule has 1 aromatic carbocycles. The normalized spacial score (nSPS) is 15.8. The topological polar surface area (TPSA) is 92.7 Å². The molecule has 1 aliphatic heterocycles. The van der Waals surface area contributed by atoms with Crippen LogP contribution in [0.3, 0.4) is 0 Å². The predicted molar refractivity (Wildman–Crippen MR) is 94.4 cm³/mol. The maximum atomic E-state index is 12.0. The monoisotopic (exact) mass is 369 g/mol. The second kappa shape index (κ2) is 8.43. The summed E-state index contributed by atoms with van der Waals surface area (Å²) in [7, 11) is 1.34.